The van der Waals surface area contributed by atoms with Crippen molar-refractivity contribution in [2.24, 2.45) is 5.92 Å². The van der Waals surface area contributed by atoms with Gasteiger partial charge >= 0.3 is 0 Å². The zero-order valence-corrected chi connectivity index (χ0v) is 17.8. The highest BCUT2D eigenvalue weighted by Crippen LogP contribution is 2.37. The molecule has 1 N–H and O–H groups in total. The Balaban J connectivity index is 1.19. The Bertz CT molecular complexity index is 1260. The van der Waals surface area contributed by atoms with Gasteiger partial charge in [-0.3, -0.25) is 4.79 Å². The molecule has 4 heterocycles. The molecule has 2 bridgehead atoms. The Morgan fingerprint density at radius 1 is 0.969 bits per heavy atom. The number of hydrogen-bond donors (Lipinski definition) is 1. The third-order valence-electron chi connectivity index (χ3n) is 6.84. The number of pyridine rings is 1. The third kappa shape index (κ3) is 3.51. The average Bonchev–Trinajstić information content (AvgIpc) is 3.40. The van der Waals surface area contributed by atoms with E-state index in [0.717, 1.165) is 40.6 Å². The van der Waals surface area contributed by atoms with Gasteiger partial charge < -0.3 is 10.2 Å². The Morgan fingerprint density at radius 3 is 2.53 bits per heavy atom. The van der Waals surface area contributed by atoms with E-state index in [2.05, 4.69) is 27.4 Å². The minimum absolute atomic E-state index is 0.134. The molecule has 0 unspecified atom stereocenters. The summed E-state index contributed by atoms with van der Waals surface area (Å²) in [6.07, 6.45) is 8.91. The van der Waals surface area contributed by atoms with Gasteiger partial charge in [-0.15, -0.1) is 0 Å². The number of anilines is 2. The molecule has 6 nitrogen and oxygen atoms in total. The highest BCUT2D eigenvalue weighted by molar-refractivity contribution is 6.05. The molecule has 0 radical (unpaired) electrons. The van der Waals surface area contributed by atoms with Crippen LogP contribution >= 0.6 is 0 Å². The van der Waals surface area contributed by atoms with Crippen LogP contribution in [0.15, 0.2) is 73.1 Å². The first-order valence-electron chi connectivity index (χ1n) is 11.3. The fourth-order valence-corrected chi connectivity index (χ4v) is 5.09. The predicted molar refractivity (Wildman–Crippen MR) is 126 cm³/mol. The van der Waals surface area contributed by atoms with E-state index in [9.17, 15) is 4.79 Å². The van der Waals surface area contributed by atoms with Crippen molar-refractivity contribution in [3.63, 3.8) is 0 Å². The number of aromatic nitrogens is 3. The number of rotatable bonds is 4. The quantitative estimate of drug-likeness (QED) is 0.499. The van der Waals surface area contributed by atoms with Gasteiger partial charge in [-0.1, -0.05) is 0 Å². The molecule has 0 spiro atoms. The van der Waals surface area contributed by atoms with E-state index in [1.807, 2.05) is 54.7 Å². The van der Waals surface area contributed by atoms with Crippen LogP contribution in [0.4, 0.5) is 11.5 Å². The summed E-state index contributed by atoms with van der Waals surface area (Å²) in [7, 11) is 0. The summed E-state index contributed by atoms with van der Waals surface area (Å²) in [5, 5.41) is 8.25. The molecule has 160 valence electrons. The topological polar surface area (TPSA) is 63.1 Å². The van der Waals surface area contributed by atoms with E-state index in [4.69, 9.17) is 4.98 Å². The number of carbonyl (C=O) groups excluding carboxylic acids is 1. The molecule has 7 rings (SSSR count). The van der Waals surface area contributed by atoms with Crippen molar-refractivity contribution in [2.45, 2.75) is 31.7 Å². The molecule has 2 saturated heterocycles. The number of carbonyl (C=O) groups is 1. The molecular formula is C26H25N5O. The van der Waals surface area contributed by atoms with E-state index in [0.29, 0.717) is 11.6 Å². The number of nitrogens with zero attached hydrogens (tertiary/aromatic N) is 4. The average molecular weight is 424 g/mol. The molecule has 3 fully saturated rings. The van der Waals surface area contributed by atoms with Crippen LogP contribution in [-0.2, 0) is 0 Å². The molecule has 1 saturated carbocycles. The summed E-state index contributed by atoms with van der Waals surface area (Å²) in [6.45, 7) is 1.14. The minimum atomic E-state index is -0.134. The number of piperidine rings is 2. The second-order valence-corrected chi connectivity index (χ2v) is 8.86. The number of nitrogens with one attached hydrogen (secondary N) is 1. The van der Waals surface area contributed by atoms with Gasteiger partial charge in [0.15, 0.2) is 0 Å². The summed E-state index contributed by atoms with van der Waals surface area (Å²) in [5.41, 5.74) is 3.26. The lowest BCUT2D eigenvalue weighted by Gasteiger charge is -2.46. The molecule has 2 aromatic carbocycles. The number of amides is 1. The van der Waals surface area contributed by atoms with Crippen LogP contribution in [-0.4, -0.2) is 33.3 Å². The third-order valence-corrected chi connectivity index (χ3v) is 6.84. The fourth-order valence-electron chi connectivity index (χ4n) is 5.09. The maximum Gasteiger partial charge on any atom is 0.255 e. The van der Waals surface area contributed by atoms with Crippen LogP contribution in [0.2, 0.25) is 0 Å². The van der Waals surface area contributed by atoms with Gasteiger partial charge in [0.2, 0.25) is 0 Å². The molecule has 1 aliphatic carbocycles. The molecule has 2 aliphatic heterocycles. The van der Waals surface area contributed by atoms with Crippen molar-refractivity contribution in [1.82, 2.24) is 14.8 Å². The largest absolute Gasteiger partial charge is 0.353 e. The molecule has 3 aliphatic rings. The van der Waals surface area contributed by atoms with Gasteiger partial charge in [-0.05, 0) is 92.3 Å². The van der Waals surface area contributed by atoms with Crippen molar-refractivity contribution in [3.8, 4) is 5.69 Å². The summed E-state index contributed by atoms with van der Waals surface area (Å²) in [4.78, 5) is 20.2. The van der Waals surface area contributed by atoms with Crippen molar-refractivity contribution in [3.05, 3.63) is 78.6 Å². The lowest BCUT2D eigenvalue weighted by atomic mass is 9.80. The predicted octanol–water partition coefficient (Wildman–Crippen LogP) is 5.05. The summed E-state index contributed by atoms with van der Waals surface area (Å²) in [6, 6.07) is 20.1. The molecule has 0 atom stereocenters. The molecule has 4 aromatic rings. The second kappa shape index (κ2) is 7.79. The van der Waals surface area contributed by atoms with E-state index in [-0.39, 0.29) is 5.91 Å². The van der Waals surface area contributed by atoms with Crippen LogP contribution in [0.3, 0.4) is 0 Å². The highest BCUT2D eigenvalue weighted by atomic mass is 16.1. The smallest absolute Gasteiger partial charge is 0.255 e. The van der Waals surface area contributed by atoms with Crippen LogP contribution in [0.25, 0.3) is 16.6 Å². The van der Waals surface area contributed by atoms with E-state index >= 15 is 0 Å². The first-order chi connectivity index (χ1) is 15.7. The SMILES string of the molecule is O=C(Nc1ccc2nc(N3CC4CCC3CC4)ccc2c1)c1ccc(-n2cccn2)cc1. The lowest BCUT2D eigenvalue weighted by molar-refractivity contribution is 0.102. The Kier molecular flexibility index (Phi) is 4.63. The monoisotopic (exact) mass is 423 g/mol. The van der Waals surface area contributed by atoms with Gasteiger partial charge in [0.1, 0.15) is 5.82 Å². The first-order valence-corrected chi connectivity index (χ1v) is 11.3. The summed E-state index contributed by atoms with van der Waals surface area (Å²) >= 11 is 0. The fraction of sp³-hybridized carbons (Fsp3) is 0.269. The maximum atomic E-state index is 12.7. The van der Waals surface area contributed by atoms with Gasteiger partial charge in [-0.2, -0.15) is 5.10 Å². The summed E-state index contributed by atoms with van der Waals surface area (Å²) < 4.78 is 1.77. The van der Waals surface area contributed by atoms with E-state index in [1.165, 1.54) is 25.7 Å². The van der Waals surface area contributed by atoms with Crippen molar-refractivity contribution >= 4 is 28.3 Å². The molecular weight excluding hydrogens is 398 g/mol. The van der Waals surface area contributed by atoms with Gasteiger partial charge in [0.05, 0.1) is 11.2 Å². The first kappa shape index (κ1) is 19.0. The Morgan fingerprint density at radius 2 is 1.81 bits per heavy atom. The van der Waals surface area contributed by atoms with Crippen LogP contribution in [0, 0.1) is 5.92 Å². The molecule has 6 heteroatoms. The van der Waals surface area contributed by atoms with Crippen molar-refractivity contribution < 1.29 is 4.79 Å². The van der Waals surface area contributed by atoms with Crippen molar-refractivity contribution in [1.29, 1.82) is 0 Å². The number of hydrogen-bond acceptors (Lipinski definition) is 4. The molecule has 32 heavy (non-hydrogen) atoms. The zero-order valence-electron chi connectivity index (χ0n) is 17.8. The standard InChI is InChI=1S/C26H25N5O/c32-26(19-4-10-23(11-5-19)31-15-1-14-27-31)28-21-7-12-24-20(16-21)6-13-25(29-24)30-17-18-2-8-22(30)9-3-18/h1,4-7,10-16,18,22H,2-3,8-9,17H2,(H,28,32). The number of fused-ring (bicyclic) bond motifs is 4. The van der Waals surface area contributed by atoms with Crippen LogP contribution in [0.1, 0.15) is 36.0 Å². The van der Waals surface area contributed by atoms with Crippen LogP contribution in [0.5, 0.6) is 0 Å². The molecule has 2 aromatic heterocycles. The second-order valence-electron chi connectivity index (χ2n) is 8.86. The Hall–Kier alpha value is -3.67. The summed E-state index contributed by atoms with van der Waals surface area (Å²) in [5.74, 6) is 1.77. The Labute approximate surface area is 186 Å². The molecule has 1 amide bonds. The van der Waals surface area contributed by atoms with Gasteiger partial charge in [0.25, 0.3) is 5.91 Å². The highest BCUT2D eigenvalue weighted by Gasteiger charge is 2.34. The normalized spacial score (nSPS) is 19.9. The minimum Gasteiger partial charge on any atom is -0.353 e. The van der Waals surface area contributed by atoms with E-state index < -0.39 is 0 Å². The zero-order chi connectivity index (χ0) is 21.5. The van der Waals surface area contributed by atoms with E-state index in [1.54, 1.807) is 10.9 Å². The van der Waals surface area contributed by atoms with Crippen LogP contribution < -0.4 is 10.2 Å². The van der Waals surface area contributed by atoms with Crippen molar-refractivity contribution in [2.75, 3.05) is 16.8 Å². The maximum absolute atomic E-state index is 12.7. The van der Waals surface area contributed by atoms with Gasteiger partial charge in [-0.25, -0.2) is 9.67 Å². The van der Waals surface area contributed by atoms with Gasteiger partial charge in [0, 0.05) is 41.6 Å². The lowest BCUT2D eigenvalue weighted by Crippen LogP contribution is -2.48. The number of benzene rings is 2.